The minimum atomic E-state index is -4.01. The van der Waals surface area contributed by atoms with Crippen LogP contribution in [-0.2, 0) is 24.3 Å². The molecule has 1 aromatic rings. The van der Waals surface area contributed by atoms with Gasteiger partial charge in [0, 0.05) is 19.5 Å². The molecule has 9 heteroatoms. The normalized spacial score (nSPS) is 21.2. The predicted molar refractivity (Wildman–Crippen MR) is 108 cm³/mol. The Labute approximate surface area is 172 Å². The molecule has 1 fully saturated rings. The van der Waals surface area contributed by atoms with Gasteiger partial charge in [0.1, 0.15) is 6.04 Å². The highest BCUT2D eigenvalue weighted by atomic mass is 32.2. The maximum Gasteiger partial charge on any atom is 0.325 e. The largest absolute Gasteiger partial charge is 0.451 e. The monoisotopic (exact) mass is 426 g/mol. The van der Waals surface area contributed by atoms with Crippen LogP contribution >= 0.6 is 0 Å². The minimum absolute atomic E-state index is 0.0511. The average molecular weight is 427 g/mol. The van der Waals surface area contributed by atoms with Crippen LogP contribution in [0.25, 0.3) is 0 Å². The van der Waals surface area contributed by atoms with Gasteiger partial charge in [-0.1, -0.05) is 19.9 Å². The van der Waals surface area contributed by atoms with E-state index in [2.05, 4.69) is 5.32 Å². The summed E-state index contributed by atoms with van der Waals surface area (Å²) in [5, 5.41) is 12.7. The molecular weight excluding hydrogens is 396 g/mol. The second-order valence-electron chi connectivity index (χ2n) is 7.94. The lowest BCUT2D eigenvalue weighted by molar-refractivity contribution is -0.158. The molecule has 162 valence electrons. The van der Waals surface area contributed by atoms with Crippen molar-refractivity contribution in [1.82, 2.24) is 9.62 Å². The number of aliphatic hydroxyl groups excluding tert-OH is 1. The van der Waals surface area contributed by atoms with Crippen molar-refractivity contribution in [1.29, 1.82) is 0 Å². The zero-order valence-corrected chi connectivity index (χ0v) is 18.3. The molecule has 0 aliphatic carbocycles. The first kappa shape index (κ1) is 23.3. The molecule has 0 bridgehead atoms. The highest BCUT2D eigenvalue weighted by Gasteiger charge is 2.45. The average Bonchev–Trinajstić information content (AvgIpc) is 3.04. The molecule has 1 saturated heterocycles. The third-order valence-electron chi connectivity index (χ3n) is 4.94. The van der Waals surface area contributed by atoms with Gasteiger partial charge in [-0.25, -0.2) is 8.42 Å². The summed E-state index contributed by atoms with van der Waals surface area (Å²) in [5.41, 5.74) is 1.75. The standard InChI is InChI=1S/C20H30N2O6S/c1-12(2)10-21-19(24)15(5)28-20(25)18-9-16(23)11-22(18)29(26,27)17-7-6-13(3)14(4)8-17/h6-8,12,15-16,18,23H,9-11H2,1-5H3,(H,21,24)/t15?,16?,18-/m0/s1. The first-order valence-corrected chi connectivity index (χ1v) is 11.1. The minimum Gasteiger partial charge on any atom is -0.451 e. The number of nitrogens with one attached hydrogen (secondary N) is 1. The lowest BCUT2D eigenvalue weighted by atomic mass is 10.1. The quantitative estimate of drug-likeness (QED) is 0.632. The number of esters is 1. The van der Waals surface area contributed by atoms with E-state index in [-0.39, 0.29) is 23.8 Å². The molecule has 3 atom stereocenters. The second kappa shape index (κ2) is 9.23. The summed E-state index contributed by atoms with van der Waals surface area (Å²) in [4.78, 5) is 24.7. The molecule has 2 rings (SSSR count). The smallest absolute Gasteiger partial charge is 0.325 e. The van der Waals surface area contributed by atoms with Crippen molar-refractivity contribution in [2.24, 2.45) is 5.92 Å². The predicted octanol–water partition coefficient (Wildman–Crippen LogP) is 1.13. The highest BCUT2D eigenvalue weighted by Crippen LogP contribution is 2.28. The number of rotatable bonds is 7. The van der Waals surface area contributed by atoms with E-state index in [0.29, 0.717) is 6.54 Å². The van der Waals surface area contributed by atoms with Crippen LogP contribution in [-0.4, -0.2) is 61.0 Å². The maximum atomic E-state index is 13.1. The number of carbonyl (C=O) groups excluding carboxylic acids is 2. The van der Waals surface area contributed by atoms with Crippen LogP contribution in [0.4, 0.5) is 0 Å². The van der Waals surface area contributed by atoms with Crippen molar-refractivity contribution in [2.45, 2.75) is 64.2 Å². The Balaban J connectivity index is 2.17. The number of ether oxygens (including phenoxy) is 1. The third kappa shape index (κ3) is 5.55. The van der Waals surface area contributed by atoms with Gasteiger partial charge >= 0.3 is 5.97 Å². The molecule has 0 radical (unpaired) electrons. The number of hydrogen-bond acceptors (Lipinski definition) is 6. The highest BCUT2D eigenvalue weighted by molar-refractivity contribution is 7.89. The summed E-state index contributed by atoms with van der Waals surface area (Å²) in [6, 6.07) is 3.53. The molecular formula is C20H30N2O6S. The van der Waals surface area contributed by atoms with Gasteiger partial charge < -0.3 is 15.2 Å². The number of aliphatic hydroxyl groups is 1. The van der Waals surface area contributed by atoms with Crippen LogP contribution in [0, 0.1) is 19.8 Å². The molecule has 1 amide bonds. The summed E-state index contributed by atoms with van der Waals surface area (Å²) in [5.74, 6) is -1.05. The SMILES string of the molecule is Cc1ccc(S(=O)(=O)N2CC(O)C[C@H]2C(=O)OC(C)C(=O)NCC(C)C)cc1C. The second-order valence-corrected chi connectivity index (χ2v) is 9.83. The fraction of sp³-hybridized carbons (Fsp3) is 0.600. The maximum absolute atomic E-state index is 13.1. The fourth-order valence-corrected chi connectivity index (χ4v) is 4.74. The zero-order valence-electron chi connectivity index (χ0n) is 17.5. The van der Waals surface area contributed by atoms with Gasteiger partial charge in [-0.15, -0.1) is 0 Å². The van der Waals surface area contributed by atoms with Crippen LogP contribution in [0.3, 0.4) is 0 Å². The van der Waals surface area contributed by atoms with Crippen molar-refractivity contribution >= 4 is 21.9 Å². The van der Waals surface area contributed by atoms with Crippen LogP contribution in [0.1, 0.15) is 38.3 Å². The number of benzene rings is 1. The summed E-state index contributed by atoms with van der Waals surface area (Å²) < 4.78 is 32.3. The van der Waals surface area contributed by atoms with Gasteiger partial charge in [0.2, 0.25) is 10.0 Å². The molecule has 0 saturated carbocycles. The number of β-amino-alcohol motifs (C(OH)–C–C–N with tert-alkyl or cyclic N) is 1. The van der Waals surface area contributed by atoms with E-state index in [1.807, 2.05) is 20.8 Å². The first-order chi connectivity index (χ1) is 13.4. The van der Waals surface area contributed by atoms with Gasteiger partial charge in [0.25, 0.3) is 5.91 Å². The van der Waals surface area contributed by atoms with E-state index < -0.39 is 40.1 Å². The molecule has 1 aliphatic rings. The Morgan fingerprint density at radius 1 is 1.24 bits per heavy atom. The van der Waals surface area contributed by atoms with Crippen molar-refractivity contribution in [3.05, 3.63) is 29.3 Å². The van der Waals surface area contributed by atoms with E-state index in [1.54, 1.807) is 19.1 Å². The van der Waals surface area contributed by atoms with Crippen LogP contribution < -0.4 is 5.32 Å². The van der Waals surface area contributed by atoms with Gasteiger partial charge in [-0.2, -0.15) is 4.31 Å². The molecule has 0 spiro atoms. The van der Waals surface area contributed by atoms with Gasteiger partial charge in [-0.05, 0) is 49.9 Å². The molecule has 29 heavy (non-hydrogen) atoms. The molecule has 1 heterocycles. The van der Waals surface area contributed by atoms with Crippen molar-refractivity contribution in [3.8, 4) is 0 Å². The van der Waals surface area contributed by atoms with E-state index in [0.717, 1.165) is 15.4 Å². The lowest BCUT2D eigenvalue weighted by Crippen LogP contribution is -2.44. The van der Waals surface area contributed by atoms with Crippen molar-refractivity contribution in [2.75, 3.05) is 13.1 Å². The molecule has 0 aromatic heterocycles. The van der Waals surface area contributed by atoms with Gasteiger partial charge in [-0.3, -0.25) is 9.59 Å². The Kier molecular flexibility index (Phi) is 7.42. The summed E-state index contributed by atoms with van der Waals surface area (Å²) in [6.07, 6.45) is -2.13. The number of aryl methyl sites for hydroxylation is 2. The van der Waals surface area contributed by atoms with Crippen molar-refractivity contribution < 1.29 is 27.9 Å². The Bertz CT molecular complexity index is 868. The Morgan fingerprint density at radius 2 is 1.90 bits per heavy atom. The number of carbonyl (C=O) groups is 2. The number of amides is 1. The molecule has 1 aromatic carbocycles. The molecule has 2 N–H and O–H groups in total. The van der Waals surface area contributed by atoms with Crippen LogP contribution in [0.2, 0.25) is 0 Å². The topological polar surface area (TPSA) is 113 Å². The first-order valence-electron chi connectivity index (χ1n) is 9.68. The van der Waals surface area contributed by atoms with E-state index in [1.165, 1.54) is 13.0 Å². The van der Waals surface area contributed by atoms with Gasteiger partial charge in [0.15, 0.2) is 6.10 Å². The molecule has 1 aliphatic heterocycles. The lowest BCUT2D eigenvalue weighted by Gasteiger charge is -2.24. The van der Waals surface area contributed by atoms with E-state index in [4.69, 9.17) is 4.74 Å². The fourth-order valence-electron chi connectivity index (χ4n) is 3.03. The van der Waals surface area contributed by atoms with E-state index >= 15 is 0 Å². The summed E-state index contributed by atoms with van der Waals surface area (Å²) >= 11 is 0. The Morgan fingerprint density at radius 3 is 2.48 bits per heavy atom. The van der Waals surface area contributed by atoms with Crippen LogP contribution in [0.5, 0.6) is 0 Å². The third-order valence-corrected chi connectivity index (χ3v) is 6.81. The summed E-state index contributed by atoms with van der Waals surface area (Å²) in [7, 11) is -4.01. The molecule has 8 nitrogen and oxygen atoms in total. The summed E-state index contributed by atoms with van der Waals surface area (Å²) in [6.45, 7) is 9.21. The van der Waals surface area contributed by atoms with Gasteiger partial charge in [0.05, 0.1) is 11.0 Å². The zero-order chi connectivity index (χ0) is 21.9. The number of hydrogen-bond donors (Lipinski definition) is 2. The number of sulfonamides is 1. The van der Waals surface area contributed by atoms with E-state index in [9.17, 15) is 23.1 Å². The van der Waals surface area contributed by atoms with Crippen molar-refractivity contribution in [3.63, 3.8) is 0 Å². The Hall–Kier alpha value is -1.97. The number of nitrogens with zero attached hydrogens (tertiary/aromatic N) is 1. The van der Waals surface area contributed by atoms with Crippen LogP contribution in [0.15, 0.2) is 23.1 Å². The molecule has 2 unspecified atom stereocenters.